The van der Waals surface area contributed by atoms with Gasteiger partial charge in [0, 0.05) is 37.0 Å². The largest absolute Gasteiger partial charge is 0.352 e. The number of nitrogens with one attached hydrogen (secondary N) is 3. The highest BCUT2D eigenvalue weighted by Crippen LogP contribution is 2.42. The van der Waals surface area contributed by atoms with Crippen molar-refractivity contribution in [3.8, 4) is 0 Å². The Hall–Kier alpha value is -2.51. The van der Waals surface area contributed by atoms with Crippen molar-refractivity contribution >= 4 is 24.2 Å². The molecule has 2 amide bonds. The third-order valence-corrected chi connectivity index (χ3v) is 6.72. The van der Waals surface area contributed by atoms with Crippen LogP contribution < -0.4 is 16.0 Å². The smallest absolute Gasteiger partial charge is 0.225 e. The van der Waals surface area contributed by atoms with Gasteiger partial charge in [0.25, 0.3) is 0 Å². The van der Waals surface area contributed by atoms with E-state index in [9.17, 15) is 18.4 Å². The average molecular weight is 462 g/mol. The Kier molecular flexibility index (Phi) is 6.49. The third kappa shape index (κ3) is 4.79. The van der Waals surface area contributed by atoms with Gasteiger partial charge in [0.1, 0.15) is 11.6 Å². The van der Waals surface area contributed by atoms with Crippen LogP contribution in [0.15, 0.2) is 48.5 Å². The molecule has 0 spiro atoms. The van der Waals surface area contributed by atoms with E-state index in [1.54, 1.807) is 24.3 Å². The van der Waals surface area contributed by atoms with Crippen LogP contribution in [0, 0.1) is 23.5 Å². The van der Waals surface area contributed by atoms with Gasteiger partial charge in [0.05, 0.1) is 11.8 Å². The van der Waals surface area contributed by atoms with Gasteiger partial charge in [-0.25, -0.2) is 8.78 Å². The molecule has 2 aliphatic carbocycles. The highest BCUT2D eigenvalue weighted by molar-refractivity contribution is 5.89. The number of hydrogen-bond acceptors (Lipinski definition) is 3. The van der Waals surface area contributed by atoms with Crippen molar-refractivity contribution < 1.29 is 18.4 Å². The lowest BCUT2D eigenvalue weighted by molar-refractivity contribution is -0.133. The fraction of sp³-hybridized carbons (Fsp3) is 0.417. The molecule has 32 heavy (non-hydrogen) atoms. The molecule has 0 bridgehead atoms. The zero-order valence-electron chi connectivity index (χ0n) is 17.4. The van der Waals surface area contributed by atoms with E-state index < -0.39 is 11.8 Å². The van der Waals surface area contributed by atoms with Crippen LogP contribution in [0.5, 0.6) is 0 Å². The first kappa shape index (κ1) is 22.7. The molecule has 1 saturated heterocycles. The van der Waals surface area contributed by atoms with Crippen LogP contribution in [-0.2, 0) is 9.59 Å². The van der Waals surface area contributed by atoms with Crippen molar-refractivity contribution in [2.24, 2.45) is 11.8 Å². The second kappa shape index (κ2) is 9.16. The summed E-state index contributed by atoms with van der Waals surface area (Å²) in [4.78, 5) is 25.7. The molecule has 8 heteroatoms. The number of carbonyl (C=O) groups is 2. The normalized spacial score (nSPS) is 30.2. The fourth-order valence-corrected chi connectivity index (χ4v) is 4.68. The van der Waals surface area contributed by atoms with E-state index in [0.29, 0.717) is 13.1 Å². The van der Waals surface area contributed by atoms with Gasteiger partial charge in [-0.3, -0.25) is 9.59 Å². The molecule has 5 nitrogen and oxygen atoms in total. The molecular formula is C24H26ClF2N3O2. The molecule has 3 aliphatic rings. The van der Waals surface area contributed by atoms with Crippen LogP contribution in [-0.4, -0.2) is 37.0 Å². The summed E-state index contributed by atoms with van der Waals surface area (Å²) < 4.78 is 26.2. The summed E-state index contributed by atoms with van der Waals surface area (Å²) in [6.45, 7) is 0.952. The average Bonchev–Trinajstić information content (AvgIpc) is 3.64. The first-order valence-electron chi connectivity index (χ1n) is 10.8. The van der Waals surface area contributed by atoms with Gasteiger partial charge in [-0.1, -0.05) is 24.3 Å². The van der Waals surface area contributed by atoms with Crippen molar-refractivity contribution in [3.05, 3.63) is 71.3 Å². The number of amides is 2. The lowest BCUT2D eigenvalue weighted by Gasteiger charge is -2.18. The summed E-state index contributed by atoms with van der Waals surface area (Å²) in [6.07, 6.45) is 1.66. The number of rotatable bonds is 6. The Morgan fingerprint density at radius 2 is 1.09 bits per heavy atom. The van der Waals surface area contributed by atoms with Crippen LogP contribution >= 0.6 is 12.4 Å². The molecule has 3 fully saturated rings. The molecule has 2 saturated carbocycles. The van der Waals surface area contributed by atoms with Gasteiger partial charge in [0.15, 0.2) is 0 Å². The van der Waals surface area contributed by atoms with Crippen molar-refractivity contribution in [2.75, 3.05) is 13.1 Å². The van der Waals surface area contributed by atoms with Crippen LogP contribution in [0.1, 0.15) is 35.8 Å². The van der Waals surface area contributed by atoms with E-state index in [1.807, 2.05) is 0 Å². The van der Waals surface area contributed by atoms with Gasteiger partial charge < -0.3 is 16.0 Å². The van der Waals surface area contributed by atoms with E-state index in [-0.39, 0.29) is 59.8 Å². The van der Waals surface area contributed by atoms with E-state index in [1.165, 1.54) is 24.3 Å². The molecule has 170 valence electrons. The first-order valence-corrected chi connectivity index (χ1v) is 10.8. The Morgan fingerprint density at radius 1 is 0.719 bits per heavy atom. The molecule has 5 rings (SSSR count). The SMILES string of the molecule is Cl.O=C(N[C@H]1C[C@@H]1c1ccc(F)cc1)[C@@H]1CNC[C@H]1C(=O)N[C@H]1C[C@@H]1c1ccc(F)cc1. The summed E-state index contributed by atoms with van der Waals surface area (Å²) in [7, 11) is 0. The zero-order chi connectivity index (χ0) is 21.5. The monoisotopic (exact) mass is 461 g/mol. The highest BCUT2D eigenvalue weighted by Gasteiger charge is 2.46. The Bertz CT molecular complexity index is 906. The van der Waals surface area contributed by atoms with Crippen molar-refractivity contribution in [1.29, 1.82) is 0 Å². The zero-order valence-corrected chi connectivity index (χ0v) is 18.2. The van der Waals surface area contributed by atoms with E-state index in [4.69, 9.17) is 0 Å². The molecule has 1 aliphatic heterocycles. The number of hydrogen-bond donors (Lipinski definition) is 3. The molecule has 0 aromatic heterocycles. The summed E-state index contributed by atoms with van der Waals surface area (Å²) in [5, 5.41) is 9.29. The maximum Gasteiger partial charge on any atom is 0.225 e. The molecule has 0 unspecified atom stereocenters. The molecule has 6 atom stereocenters. The lowest BCUT2D eigenvalue weighted by atomic mass is 9.94. The van der Waals surface area contributed by atoms with Gasteiger partial charge in [-0.05, 0) is 48.2 Å². The maximum atomic E-state index is 13.1. The van der Waals surface area contributed by atoms with Crippen molar-refractivity contribution in [1.82, 2.24) is 16.0 Å². The number of halogens is 3. The number of benzene rings is 2. The Balaban J connectivity index is 0.00000245. The minimum atomic E-state index is -0.405. The highest BCUT2D eigenvalue weighted by atomic mass is 35.5. The second-order valence-electron chi connectivity index (χ2n) is 8.89. The predicted molar refractivity (Wildman–Crippen MR) is 118 cm³/mol. The maximum absolute atomic E-state index is 13.1. The molecule has 2 aromatic carbocycles. The van der Waals surface area contributed by atoms with Gasteiger partial charge in [-0.2, -0.15) is 0 Å². The molecule has 0 radical (unpaired) electrons. The standard InChI is InChI=1S/C24H25F2N3O2.ClH/c25-15-5-1-13(2-6-15)17-9-21(17)28-23(30)19-11-27-12-20(19)24(31)29-22-10-18(22)14-3-7-16(26)8-4-14;/h1-8,17-22,27H,9-12H2,(H,28,30)(H,29,31);1H/t17-,18-,19-,20-,21+,22+;/m1./s1. The fourth-order valence-electron chi connectivity index (χ4n) is 4.68. The topological polar surface area (TPSA) is 70.2 Å². The van der Waals surface area contributed by atoms with Crippen LogP contribution in [0.25, 0.3) is 0 Å². The quantitative estimate of drug-likeness (QED) is 0.619. The summed E-state index contributed by atoms with van der Waals surface area (Å²) in [5.41, 5.74) is 2.04. The molecule has 1 heterocycles. The number of carbonyl (C=O) groups excluding carboxylic acids is 2. The van der Waals surface area contributed by atoms with Gasteiger partial charge in [-0.15, -0.1) is 12.4 Å². The first-order chi connectivity index (χ1) is 15.0. The van der Waals surface area contributed by atoms with Crippen LogP contribution in [0.4, 0.5) is 8.78 Å². The van der Waals surface area contributed by atoms with Crippen molar-refractivity contribution in [3.63, 3.8) is 0 Å². The Morgan fingerprint density at radius 3 is 1.47 bits per heavy atom. The predicted octanol–water partition coefficient (Wildman–Crippen LogP) is 2.87. The summed E-state index contributed by atoms with van der Waals surface area (Å²) in [6, 6.07) is 12.8. The minimum absolute atomic E-state index is 0. The van der Waals surface area contributed by atoms with Crippen LogP contribution in [0.2, 0.25) is 0 Å². The van der Waals surface area contributed by atoms with Crippen molar-refractivity contribution in [2.45, 2.75) is 36.8 Å². The molecular weight excluding hydrogens is 436 g/mol. The van der Waals surface area contributed by atoms with Gasteiger partial charge >= 0.3 is 0 Å². The second-order valence-corrected chi connectivity index (χ2v) is 8.89. The molecule has 2 aromatic rings. The van der Waals surface area contributed by atoms with E-state index in [0.717, 1.165) is 24.0 Å². The molecule has 3 N–H and O–H groups in total. The summed E-state index contributed by atoms with van der Waals surface area (Å²) >= 11 is 0. The summed E-state index contributed by atoms with van der Waals surface area (Å²) in [5.74, 6) is -1.16. The van der Waals surface area contributed by atoms with E-state index >= 15 is 0 Å². The van der Waals surface area contributed by atoms with Gasteiger partial charge in [0.2, 0.25) is 11.8 Å². The third-order valence-electron chi connectivity index (χ3n) is 6.72. The minimum Gasteiger partial charge on any atom is -0.352 e. The van der Waals surface area contributed by atoms with Crippen LogP contribution in [0.3, 0.4) is 0 Å². The lowest BCUT2D eigenvalue weighted by Crippen LogP contribution is -2.43. The van der Waals surface area contributed by atoms with E-state index in [2.05, 4.69) is 16.0 Å². The Labute approximate surface area is 191 Å².